The van der Waals surface area contributed by atoms with Crippen LogP contribution in [0.3, 0.4) is 0 Å². The SMILES string of the molecule is COc1cc(Br)cc(N2C(=O)CC(=O)NC2=O)c1. The third-order valence-electron chi connectivity index (χ3n) is 2.36. The Morgan fingerprint density at radius 3 is 2.61 bits per heavy atom. The zero-order chi connectivity index (χ0) is 13.3. The molecular formula is C11H9BrN2O4. The van der Waals surface area contributed by atoms with Crippen molar-refractivity contribution < 1.29 is 19.1 Å². The summed E-state index contributed by atoms with van der Waals surface area (Å²) in [6.07, 6.45) is -0.347. The standard InChI is InChI=1S/C11H9BrN2O4/c1-18-8-3-6(12)2-7(4-8)14-10(16)5-9(15)13-11(14)17/h2-4H,5H2,1H3,(H,13,15,17). The number of anilines is 1. The van der Waals surface area contributed by atoms with Gasteiger partial charge in [0.2, 0.25) is 11.8 Å². The number of barbiturate groups is 1. The second-order valence-electron chi connectivity index (χ2n) is 3.61. The molecule has 0 unspecified atom stereocenters. The molecule has 1 heterocycles. The lowest BCUT2D eigenvalue weighted by atomic mass is 10.2. The van der Waals surface area contributed by atoms with Gasteiger partial charge < -0.3 is 4.74 Å². The molecule has 1 aliphatic rings. The molecule has 1 fully saturated rings. The Kier molecular flexibility index (Phi) is 3.33. The molecule has 1 aromatic carbocycles. The summed E-state index contributed by atoms with van der Waals surface area (Å²) in [5.41, 5.74) is 0.344. The number of ether oxygens (including phenoxy) is 1. The second-order valence-corrected chi connectivity index (χ2v) is 4.52. The van der Waals surface area contributed by atoms with Crippen LogP contribution in [0.15, 0.2) is 22.7 Å². The number of hydrogen-bond donors (Lipinski definition) is 1. The van der Waals surface area contributed by atoms with Gasteiger partial charge in [0.25, 0.3) is 0 Å². The van der Waals surface area contributed by atoms with E-state index in [1.807, 2.05) is 0 Å². The Bertz CT molecular complexity index is 524. The molecule has 0 bridgehead atoms. The average molecular weight is 313 g/mol. The number of halogens is 1. The maximum absolute atomic E-state index is 11.7. The number of carbonyl (C=O) groups is 3. The minimum absolute atomic E-state index is 0.344. The predicted molar refractivity (Wildman–Crippen MR) is 66.3 cm³/mol. The van der Waals surface area contributed by atoms with Crippen LogP contribution in [0.25, 0.3) is 0 Å². The quantitative estimate of drug-likeness (QED) is 0.838. The Hall–Kier alpha value is -1.89. The molecule has 1 aromatic rings. The molecular weight excluding hydrogens is 304 g/mol. The highest BCUT2D eigenvalue weighted by atomic mass is 79.9. The van der Waals surface area contributed by atoms with E-state index in [9.17, 15) is 14.4 Å². The van der Waals surface area contributed by atoms with Gasteiger partial charge in [-0.3, -0.25) is 14.9 Å². The lowest BCUT2D eigenvalue weighted by Gasteiger charge is -2.25. The molecule has 0 saturated carbocycles. The fraction of sp³-hybridized carbons (Fsp3) is 0.182. The number of carbonyl (C=O) groups excluding carboxylic acids is 3. The van der Waals surface area contributed by atoms with Gasteiger partial charge >= 0.3 is 6.03 Å². The van der Waals surface area contributed by atoms with Gasteiger partial charge in [-0.05, 0) is 12.1 Å². The molecule has 1 N–H and O–H groups in total. The summed E-state index contributed by atoms with van der Waals surface area (Å²) in [7, 11) is 1.48. The number of hydrogen-bond acceptors (Lipinski definition) is 4. The third-order valence-corrected chi connectivity index (χ3v) is 2.82. The molecule has 0 aliphatic carbocycles. The van der Waals surface area contributed by atoms with Crippen molar-refractivity contribution in [2.24, 2.45) is 0 Å². The number of nitrogens with zero attached hydrogens (tertiary/aromatic N) is 1. The first-order chi connectivity index (χ1) is 8.51. The highest BCUT2D eigenvalue weighted by Gasteiger charge is 2.32. The number of urea groups is 1. The molecule has 2 rings (SSSR count). The number of amides is 4. The third kappa shape index (κ3) is 2.35. The summed E-state index contributed by atoms with van der Waals surface area (Å²) >= 11 is 3.26. The van der Waals surface area contributed by atoms with Crippen molar-refractivity contribution in [2.75, 3.05) is 12.0 Å². The molecule has 4 amide bonds. The molecule has 1 saturated heterocycles. The molecule has 1 aliphatic heterocycles. The number of imide groups is 2. The number of rotatable bonds is 2. The molecule has 18 heavy (non-hydrogen) atoms. The number of benzene rings is 1. The van der Waals surface area contributed by atoms with Crippen LogP contribution >= 0.6 is 15.9 Å². The molecule has 0 radical (unpaired) electrons. The van der Waals surface area contributed by atoms with Gasteiger partial charge in [0, 0.05) is 10.5 Å². The lowest BCUT2D eigenvalue weighted by Crippen LogP contribution is -2.52. The average Bonchev–Trinajstić information content (AvgIpc) is 2.26. The largest absolute Gasteiger partial charge is 0.497 e. The van der Waals surface area contributed by atoms with Crippen LogP contribution in [0.2, 0.25) is 0 Å². The van der Waals surface area contributed by atoms with Crippen molar-refractivity contribution >= 4 is 39.5 Å². The van der Waals surface area contributed by atoms with Gasteiger partial charge in [-0.1, -0.05) is 15.9 Å². The van der Waals surface area contributed by atoms with Gasteiger partial charge in [0.15, 0.2) is 0 Å². The van der Waals surface area contributed by atoms with E-state index in [0.29, 0.717) is 15.9 Å². The summed E-state index contributed by atoms with van der Waals surface area (Å²) in [5, 5.41) is 2.09. The van der Waals surface area contributed by atoms with Crippen molar-refractivity contribution in [2.45, 2.75) is 6.42 Å². The molecule has 0 atom stereocenters. The van der Waals surface area contributed by atoms with Crippen LogP contribution in [0.1, 0.15) is 6.42 Å². The molecule has 6 nitrogen and oxygen atoms in total. The molecule has 0 spiro atoms. The fourth-order valence-electron chi connectivity index (χ4n) is 1.61. The van der Waals surface area contributed by atoms with E-state index in [2.05, 4.69) is 21.2 Å². The highest BCUT2D eigenvalue weighted by molar-refractivity contribution is 9.10. The fourth-order valence-corrected chi connectivity index (χ4v) is 2.07. The van der Waals surface area contributed by atoms with Crippen LogP contribution in [0.4, 0.5) is 10.5 Å². The van der Waals surface area contributed by atoms with Crippen molar-refractivity contribution in [3.05, 3.63) is 22.7 Å². The summed E-state index contributed by atoms with van der Waals surface area (Å²) in [5.74, 6) is -0.663. The Morgan fingerprint density at radius 1 is 1.28 bits per heavy atom. The van der Waals surface area contributed by atoms with E-state index in [0.717, 1.165) is 4.90 Å². The van der Waals surface area contributed by atoms with Gasteiger partial charge in [-0.2, -0.15) is 0 Å². The van der Waals surface area contributed by atoms with E-state index < -0.39 is 17.8 Å². The van der Waals surface area contributed by atoms with Gasteiger partial charge in [-0.25, -0.2) is 9.69 Å². The van der Waals surface area contributed by atoms with Crippen molar-refractivity contribution in [1.82, 2.24) is 5.32 Å². The van der Waals surface area contributed by atoms with Crippen molar-refractivity contribution in [3.8, 4) is 5.75 Å². The predicted octanol–water partition coefficient (Wildman–Crippen LogP) is 1.43. The van der Waals surface area contributed by atoms with Crippen LogP contribution in [-0.2, 0) is 9.59 Å². The first-order valence-corrected chi connectivity index (χ1v) is 5.82. The zero-order valence-electron chi connectivity index (χ0n) is 9.40. The highest BCUT2D eigenvalue weighted by Crippen LogP contribution is 2.28. The normalized spacial score (nSPS) is 15.7. The van der Waals surface area contributed by atoms with Crippen LogP contribution < -0.4 is 15.0 Å². The maximum Gasteiger partial charge on any atom is 0.335 e. The molecule has 7 heteroatoms. The van der Waals surface area contributed by atoms with Gasteiger partial charge in [0.1, 0.15) is 12.2 Å². The lowest BCUT2D eigenvalue weighted by molar-refractivity contribution is -0.128. The Balaban J connectivity index is 2.41. The molecule has 0 aromatic heterocycles. The first-order valence-electron chi connectivity index (χ1n) is 5.02. The number of nitrogens with one attached hydrogen (secondary N) is 1. The van der Waals surface area contributed by atoms with E-state index >= 15 is 0 Å². The summed E-state index contributed by atoms with van der Waals surface area (Å²) in [4.78, 5) is 35.3. The minimum atomic E-state index is -0.753. The van der Waals surface area contributed by atoms with E-state index in [1.54, 1.807) is 12.1 Å². The summed E-state index contributed by atoms with van der Waals surface area (Å²) in [6.45, 7) is 0. The smallest absolute Gasteiger partial charge is 0.335 e. The Labute approximate surface area is 111 Å². The van der Waals surface area contributed by atoms with E-state index in [1.165, 1.54) is 13.2 Å². The van der Waals surface area contributed by atoms with Crippen LogP contribution in [0, 0.1) is 0 Å². The van der Waals surface area contributed by atoms with Gasteiger partial charge in [-0.15, -0.1) is 0 Å². The summed E-state index contributed by atoms with van der Waals surface area (Å²) < 4.78 is 5.71. The van der Waals surface area contributed by atoms with Crippen LogP contribution in [-0.4, -0.2) is 25.0 Å². The second kappa shape index (κ2) is 4.77. The van der Waals surface area contributed by atoms with Crippen LogP contribution in [0.5, 0.6) is 5.75 Å². The maximum atomic E-state index is 11.7. The van der Waals surface area contributed by atoms with Crippen molar-refractivity contribution in [3.63, 3.8) is 0 Å². The summed E-state index contributed by atoms with van der Waals surface area (Å²) in [6, 6.07) is 4.07. The monoisotopic (exact) mass is 312 g/mol. The zero-order valence-corrected chi connectivity index (χ0v) is 11.0. The van der Waals surface area contributed by atoms with Gasteiger partial charge in [0.05, 0.1) is 12.8 Å². The minimum Gasteiger partial charge on any atom is -0.497 e. The number of methoxy groups -OCH3 is 1. The first kappa shape index (κ1) is 12.6. The Morgan fingerprint density at radius 2 is 2.00 bits per heavy atom. The van der Waals surface area contributed by atoms with Crippen molar-refractivity contribution in [1.29, 1.82) is 0 Å². The van der Waals surface area contributed by atoms with E-state index in [-0.39, 0.29) is 6.42 Å². The molecule has 94 valence electrons. The van der Waals surface area contributed by atoms with E-state index in [4.69, 9.17) is 4.74 Å². The topological polar surface area (TPSA) is 75.7 Å².